The summed E-state index contributed by atoms with van der Waals surface area (Å²) in [5, 5.41) is 3.12. The van der Waals surface area contributed by atoms with Gasteiger partial charge in [-0.15, -0.1) is 0 Å². The number of hydrogen-bond acceptors (Lipinski definition) is 2. The highest BCUT2D eigenvalue weighted by molar-refractivity contribution is 5.94. The average molecular weight is 354 g/mol. The zero-order valence-corrected chi connectivity index (χ0v) is 14.3. The van der Waals surface area contributed by atoms with Gasteiger partial charge in [0.25, 0.3) is 0 Å². The number of anilines is 1. The Morgan fingerprint density at radius 2 is 1.76 bits per heavy atom. The van der Waals surface area contributed by atoms with Crippen LogP contribution in [0.3, 0.4) is 0 Å². The molecule has 1 N–H and O–H groups in total. The number of alkyl halides is 3. The Kier molecular flexibility index (Phi) is 5.35. The first kappa shape index (κ1) is 18.8. The van der Waals surface area contributed by atoms with Crippen LogP contribution in [0, 0.1) is 19.7 Å². The molecule has 2 rings (SSSR count). The predicted molar refractivity (Wildman–Crippen MR) is 90.0 cm³/mol. The summed E-state index contributed by atoms with van der Waals surface area (Å²) in [4.78, 5) is 4.02. The number of benzene rings is 2. The molecule has 0 aliphatic heterocycles. The molecule has 0 aliphatic carbocycles. The maximum Gasteiger partial charge on any atom is 0.419 e. The van der Waals surface area contributed by atoms with E-state index in [1.54, 1.807) is 20.0 Å². The minimum atomic E-state index is -4.78. The van der Waals surface area contributed by atoms with Crippen molar-refractivity contribution in [3.8, 4) is 11.5 Å². The average Bonchev–Trinajstić information content (AvgIpc) is 2.52. The van der Waals surface area contributed by atoms with Gasteiger partial charge in [0.15, 0.2) is 0 Å². The topological polar surface area (TPSA) is 33.6 Å². The van der Waals surface area contributed by atoms with E-state index in [-0.39, 0.29) is 5.75 Å². The van der Waals surface area contributed by atoms with Crippen molar-refractivity contribution < 1.29 is 22.3 Å². The maximum absolute atomic E-state index is 13.4. The largest absolute Gasteiger partial charge is 0.457 e. The molecule has 0 bridgehead atoms. The van der Waals surface area contributed by atoms with E-state index in [9.17, 15) is 17.6 Å². The van der Waals surface area contributed by atoms with Gasteiger partial charge in [-0.05, 0) is 62.2 Å². The maximum atomic E-state index is 13.4. The fraction of sp³-hybridized carbons (Fsp3) is 0.278. The third-order valence-corrected chi connectivity index (χ3v) is 3.64. The number of nitrogens with one attached hydrogen (secondary N) is 1. The first-order valence-electron chi connectivity index (χ1n) is 7.48. The Hall–Kier alpha value is -2.57. The molecule has 2 aromatic rings. The number of ether oxygens (including phenoxy) is 1. The molecule has 0 saturated carbocycles. The standard InChI is InChI=1S/C18H18F4N2O/c1-10-8-17(11(2)7-16(10)24-12(3)23-4)25-13-5-6-15(19)14(9-13)18(20,21)22/h5-9H,1-4H3,(H,23,24). The van der Waals surface area contributed by atoms with Gasteiger partial charge in [-0.2, -0.15) is 13.2 Å². The molecule has 0 amide bonds. The van der Waals surface area contributed by atoms with E-state index in [0.29, 0.717) is 11.8 Å². The van der Waals surface area contributed by atoms with Crippen LogP contribution in [-0.2, 0) is 6.18 Å². The van der Waals surface area contributed by atoms with E-state index >= 15 is 0 Å². The van der Waals surface area contributed by atoms with E-state index < -0.39 is 17.6 Å². The number of amidine groups is 1. The molecule has 0 radical (unpaired) electrons. The quantitative estimate of drug-likeness (QED) is 0.435. The highest BCUT2D eigenvalue weighted by Crippen LogP contribution is 2.36. The van der Waals surface area contributed by atoms with Gasteiger partial charge in [0, 0.05) is 12.7 Å². The zero-order valence-electron chi connectivity index (χ0n) is 14.3. The van der Waals surface area contributed by atoms with Crippen LogP contribution < -0.4 is 10.1 Å². The van der Waals surface area contributed by atoms with Crippen LogP contribution in [0.1, 0.15) is 23.6 Å². The summed E-state index contributed by atoms with van der Waals surface area (Å²) < 4.78 is 57.3. The summed E-state index contributed by atoms with van der Waals surface area (Å²) in [6, 6.07) is 6.09. The van der Waals surface area contributed by atoms with Crippen LogP contribution in [0.2, 0.25) is 0 Å². The smallest absolute Gasteiger partial charge is 0.419 e. The minimum absolute atomic E-state index is 0.0803. The monoisotopic (exact) mass is 354 g/mol. The van der Waals surface area contributed by atoms with E-state index in [4.69, 9.17) is 4.74 Å². The number of halogens is 4. The van der Waals surface area contributed by atoms with Crippen molar-refractivity contribution in [1.29, 1.82) is 0 Å². The molecule has 0 spiro atoms. The SMILES string of the molecule is CN=C(C)Nc1cc(C)c(Oc2ccc(F)c(C(F)(F)F)c2)cc1C. The van der Waals surface area contributed by atoms with Crippen molar-refractivity contribution in [2.75, 3.05) is 12.4 Å². The van der Waals surface area contributed by atoms with Gasteiger partial charge in [0.1, 0.15) is 17.3 Å². The Morgan fingerprint density at radius 3 is 2.36 bits per heavy atom. The van der Waals surface area contributed by atoms with Gasteiger partial charge < -0.3 is 10.1 Å². The summed E-state index contributed by atoms with van der Waals surface area (Å²) in [5.41, 5.74) is 1.02. The lowest BCUT2D eigenvalue weighted by molar-refractivity contribution is -0.140. The Balaban J connectivity index is 2.34. The number of nitrogens with zero attached hydrogens (tertiary/aromatic N) is 1. The van der Waals surface area contributed by atoms with Crippen molar-refractivity contribution in [2.45, 2.75) is 26.9 Å². The predicted octanol–water partition coefficient (Wildman–Crippen LogP) is 5.71. The van der Waals surface area contributed by atoms with Crippen LogP contribution in [0.15, 0.2) is 35.3 Å². The fourth-order valence-corrected chi connectivity index (χ4v) is 2.20. The first-order chi connectivity index (χ1) is 11.6. The minimum Gasteiger partial charge on any atom is -0.457 e. The second kappa shape index (κ2) is 7.13. The van der Waals surface area contributed by atoms with Crippen molar-refractivity contribution in [2.24, 2.45) is 4.99 Å². The van der Waals surface area contributed by atoms with Crippen LogP contribution in [0.5, 0.6) is 11.5 Å². The second-order valence-corrected chi connectivity index (χ2v) is 5.61. The lowest BCUT2D eigenvalue weighted by atomic mass is 10.1. The Labute approximate surface area is 143 Å². The highest BCUT2D eigenvalue weighted by Gasteiger charge is 2.34. The second-order valence-electron chi connectivity index (χ2n) is 5.61. The third kappa shape index (κ3) is 4.49. The molecule has 7 heteroatoms. The molecule has 0 fully saturated rings. The van der Waals surface area contributed by atoms with E-state index in [0.717, 1.165) is 28.7 Å². The van der Waals surface area contributed by atoms with Crippen LogP contribution >= 0.6 is 0 Å². The van der Waals surface area contributed by atoms with Gasteiger partial charge in [-0.1, -0.05) is 0 Å². The van der Waals surface area contributed by atoms with Crippen LogP contribution in [0.25, 0.3) is 0 Å². The summed E-state index contributed by atoms with van der Waals surface area (Å²) in [6.45, 7) is 5.42. The molecule has 25 heavy (non-hydrogen) atoms. The molecule has 0 aliphatic rings. The zero-order chi connectivity index (χ0) is 18.8. The molecule has 134 valence electrons. The number of aliphatic imine (C=N–C) groups is 1. The van der Waals surface area contributed by atoms with E-state index in [1.807, 2.05) is 19.9 Å². The number of rotatable bonds is 3. The molecule has 0 heterocycles. The number of aryl methyl sites for hydroxylation is 2. The molecule has 0 unspecified atom stereocenters. The summed E-state index contributed by atoms with van der Waals surface area (Å²) in [6.07, 6.45) is -4.78. The van der Waals surface area contributed by atoms with Crippen LogP contribution in [-0.4, -0.2) is 12.9 Å². The highest BCUT2D eigenvalue weighted by atomic mass is 19.4. The lowest BCUT2D eigenvalue weighted by Gasteiger charge is -2.15. The summed E-state index contributed by atoms with van der Waals surface area (Å²) in [7, 11) is 1.66. The van der Waals surface area contributed by atoms with E-state index in [1.165, 1.54) is 6.07 Å². The third-order valence-electron chi connectivity index (χ3n) is 3.64. The summed E-state index contributed by atoms with van der Waals surface area (Å²) in [5.74, 6) is -0.289. The van der Waals surface area contributed by atoms with Gasteiger partial charge >= 0.3 is 6.18 Å². The van der Waals surface area contributed by atoms with Gasteiger partial charge in [0.2, 0.25) is 0 Å². The van der Waals surface area contributed by atoms with Crippen molar-refractivity contribution >= 4 is 11.5 Å². The van der Waals surface area contributed by atoms with Crippen molar-refractivity contribution in [3.63, 3.8) is 0 Å². The first-order valence-corrected chi connectivity index (χ1v) is 7.48. The molecule has 0 aromatic heterocycles. The Bertz CT molecular complexity index is 813. The lowest BCUT2D eigenvalue weighted by Crippen LogP contribution is -2.09. The normalized spacial score (nSPS) is 12.2. The molecule has 2 aromatic carbocycles. The van der Waals surface area contributed by atoms with Crippen molar-refractivity contribution in [3.05, 3.63) is 52.8 Å². The fourth-order valence-electron chi connectivity index (χ4n) is 2.20. The van der Waals surface area contributed by atoms with Crippen molar-refractivity contribution in [1.82, 2.24) is 0 Å². The molecule has 0 atom stereocenters. The number of hydrogen-bond donors (Lipinski definition) is 1. The molecule has 3 nitrogen and oxygen atoms in total. The Morgan fingerprint density at radius 1 is 1.08 bits per heavy atom. The molecular weight excluding hydrogens is 336 g/mol. The van der Waals surface area contributed by atoms with Crippen LogP contribution in [0.4, 0.5) is 23.2 Å². The van der Waals surface area contributed by atoms with Gasteiger partial charge in [-0.25, -0.2) is 4.39 Å². The molecular formula is C18H18F4N2O. The molecule has 0 saturated heterocycles. The van der Waals surface area contributed by atoms with E-state index in [2.05, 4.69) is 10.3 Å². The summed E-state index contributed by atoms with van der Waals surface area (Å²) >= 11 is 0. The van der Waals surface area contributed by atoms with Gasteiger partial charge in [0.05, 0.1) is 11.4 Å². The van der Waals surface area contributed by atoms with Gasteiger partial charge in [-0.3, -0.25) is 4.99 Å².